The average molecular weight is 224 g/mol. The molecule has 1 aliphatic rings. The van der Waals surface area contributed by atoms with Crippen LogP contribution in [-0.2, 0) is 4.74 Å². The van der Waals surface area contributed by atoms with Crippen molar-refractivity contribution in [2.45, 2.75) is 0 Å². The molecule has 0 atom stereocenters. The normalized spacial score (nSPS) is 17.2. The second-order valence-electron chi connectivity index (χ2n) is 3.60. The van der Waals surface area contributed by atoms with E-state index >= 15 is 0 Å². The van der Waals surface area contributed by atoms with E-state index in [1.807, 2.05) is 0 Å². The Hall–Kier alpha value is -1.40. The number of nitrogens with zero attached hydrogens (tertiary/aromatic N) is 3. The zero-order valence-corrected chi connectivity index (χ0v) is 9.13. The third-order valence-electron chi connectivity index (χ3n) is 2.42. The number of morpholine rings is 1. The first-order valence-corrected chi connectivity index (χ1v) is 5.37. The maximum Gasteiger partial charge on any atom is 0.233 e. The summed E-state index contributed by atoms with van der Waals surface area (Å²) >= 11 is 0. The highest BCUT2D eigenvalue weighted by Gasteiger charge is 2.09. The van der Waals surface area contributed by atoms with Crippen LogP contribution < -0.4 is 10.5 Å². The number of nitrogens with two attached hydrogens (primary N) is 1. The first-order chi connectivity index (χ1) is 7.84. The van der Waals surface area contributed by atoms with Crippen molar-refractivity contribution in [3.8, 4) is 5.88 Å². The lowest BCUT2D eigenvalue weighted by molar-refractivity contribution is 0.0319. The van der Waals surface area contributed by atoms with Gasteiger partial charge < -0.3 is 15.2 Å². The Kier molecular flexibility index (Phi) is 3.90. The van der Waals surface area contributed by atoms with Crippen molar-refractivity contribution < 1.29 is 9.47 Å². The number of aromatic nitrogens is 2. The van der Waals surface area contributed by atoms with Gasteiger partial charge in [-0.25, -0.2) is 0 Å². The van der Waals surface area contributed by atoms with E-state index < -0.39 is 0 Å². The monoisotopic (exact) mass is 224 g/mol. The van der Waals surface area contributed by atoms with E-state index in [-0.39, 0.29) is 0 Å². The van der Waals surface area contributed by atoms with Gasteiger partial charge in [0.25, 0.3) is 0 Å². The molecule has 0 radical (unpaired) electrons. The molecule has 1 aliphatic heterocycles. The second kappa shape index (κ2) is 5.62. The van der Waals surface area contributed by atoms with Gasteiger partial charge in [0.15, 0.2) is 0 Å². The number of rotatable bonds is 4. The minimum absolute atomic E-state index is 0.403. The van der Waals surface area contributed by atoms with Gasteiger partial charge in [-0.3, -0.25) is 4.90 Å². The molecule has 88 valence electrons. The summed E-state index contributed by atoms with van der Waals surface area (Å²) in [5.74, 6) is 0.919. The van der Waals surface area contributed by atoms with Crippen molar-refractivity contribution in [2.24, 2.45) is 0 Å². The number of nitrogen functional groups attached to an aromatic ring is 1. The van der Waals surface area contributed by atoms with E-state index in [1.165, 1.54) is 0 Å². The molecule has 6 heteroatoms. The zero-order valence-electron chi connectivity index (χ0n) is 9.13. The molecule has 2 heterocycles. The van der Waals surface area contributed by atoms with Crippen LogP contribution in [0, 0.1) is 0 Å². The number of hydrogen-bond acceptors (Lipinski definition) is 6. The van der Waals surface area contributed by atoms with Crippen LogP contribution in [0.1, 0.15) is 0 Å². The average Bonchev–Trinajstić information content (AvgIpc) is 2.33. The van der Waals surface area contributed by atoms with Gasteiger partial charge in [-0.1, -0.05) is 0 Å². The molecule has 16 heavy (non-hydrogen) atoms. The van der Waals surface area contributed by atoms with E-state index in [2.05, 4.69) is 15.1 Å². The van der Waals surface area contributed by atoms with E-state index in [0.29, 0.717) is 18.3 Å². The standard InChI is InChI=1S/C10H16N4O2/c11-9-1-2-10(13-12-9)16-8-5-14-3-6-15-7-4-14/h1-2H,3-8H2,(H2,11,12). The number of ether oxygens (including phenoxy) is 2. The minimum atomic E-state index is 0.403. The molecule has 1 saturated heterocycles. The maximum atomic E-state index is 5.45. The molecule has 0 aromatic carbocycles. The highest BCUT2D eigenvalue weighted by molar-refractivity contribution is 5.27. The highest BCUT2D eigenvalue weighted by atomic mass is 16.5. The molecule has 2 N–H and O–H groups in total. The van der Waals surface area contributed by atoms with Gasteiger partial charge in [-0.2, -0.15) is 0 Å². The Balaban J connectivity index is 1.69. The van der Waals surface area contributed by atoms with Crippen molar-refractivity contribution in [3.05, 3.63) is 12.1 Å². The molecule has 2 rings (SSSR count). The quantitative estimate of drug-likeness (QED) is 0.761. The third-order valence-corrected chi connectivity index (χ3v) is 2.42. The first-order valence-electron chi connectivity index (χ1n) is 5.37. The highest BCUT2D eigenvalue weighted by Crippen LogP contribution is 2.05. The van der Waals surface area contributed by atoms with Crippen molar-refractivity contribution in [3.63, 3.8) is 0 Å². The van der Waals surface area contributed by atoms with Crippen LogP contribution >= 0.6 is 0 Å². The van der Waals surface area contributed by atoms with Crippen LogP contribution in [0.4, 0.5) is 5.82 Å². The summed E-state index contributed by atoms with van der Waals surface area (Å²) in [6.07, 6.45) is 0. The lowest BCUT2D eigenvalue weighted by Crippen LogP contribution is -2.38. The van der Waals surface area contributed by atoms with Gasteiger partial charge in [-0.05, 0) is 6.07 Å². The van der Waals surface area contributed by atoms with Crippen LogP contribution in [0.3, 0.4) is 0 Å². The van der Waals surface area contributed by atoms with Crippen molar-refractivity contribution in [2.75, 3.05) is 45.2 Å². The van der Waals surface area contributed by atoms with E-state index in [1.54, 1.807) is 12.1 Å². The van der Waals surface area contributed by atoms with Crippen molar-refractivity contribution in [1.29, 1.82) is 0 Å². The van der Waals surface area contributed by atoms with Crippen molar-refractivity contribution in [1.82, 2.24) is 15.1 Å². The molecule has 0 spiro atoms. The number of anilines is 1. The molecule has 1 aromatic heterocycles. The summed E-state index contributed by atoms with van der Waals surface area (Å²) in [5.41, 5.74) is 5.42. The summed E-state index contributed by atoms with van der Waals surface area (Å²) < 4.78 is 10.7. The Bertz CT molecular complexity index is 311. The summed E-state index contributed by atoms with van der Waals surface area (Å²) in [5, 5.41) is 7.53. The van der Waals surface area contributed by atoms with Gasteiger partial charge in [0.1, 0.15) is 12.4 Å². The van der Waals surface area contributed by atoms with Crippen LogP contribution in [-0.4, -0.2) is 54.6 Å². The molecule has 1 fully saturated rings. The predicted molar refractivity (Wildman–Crippen MR) is 59.2 cm³/mol. The fraction of sp³-hybridized carbons (Fsp3) is 0.600. The first kappa shape index (κ1) is 11.1. The minimum Gasteiger partial charge on any atom is -0.475 e. The Morgan fingerprint density at radius 1 is 1.31 bits per heavy atom. The van der Waals surface area contributed by atoms with Gasteiger partial charge in [-0.15, -0.1) is 10.2 Å². The molecular weight excluding hydrogens is 208 g/mol. The van der Waals surface area contributed by atoms with Crippen LogP contribution in [0.2, 0.25) is 0 Å². The van der Waals surface area contributed by atoms with Gasteiger partial charge in [0.05, 0.1) is 13.2 Å². The lowest BCUT2D eigenvalue weighted by atomic mass is 10.4. The smallest absolute Gasteiger partial charge is 0.233 e. The summed E-state index contributed by atoms with van der Waals surface area (Å²) in [6, 6.07) is 3.40. The summed E-state index contributed by atoms with van der Waals surface area (Å²) in [4.78, 5) is 2.30. The predicted octanol–water partition coefficient (Wildman–Crippen LogP) is -0.230. The molecular formula is C10H16N4O2. The van der Waals surface area contributed by atoms with E-state index in [4.69, 9.17) is 15.2 Å². The fourth-order valence-corrected chi connectivity index (χ4v) is 1.51. The van der Waals surface area contributed by atoms with Crippen molar-refractivity contribution >= 4 is 5.82 Å². The Labute approximate surface area is 94.3 Å². The van der Waals surface area contributed by atoms with Crippen LogP contribution in [0.5, 0.6) is 5.88 Å². The Morgan fingerprint density at radius 2 is 2.12 bits per heavy atom. The molecule has 0 bridgehead atoms. The molecule has 0 saturated carbocycles. The van der Waals surface area contributed by atoms with E-state index in [9.17, 15) is 0 Å². The molecule has 0 aliphatic carbocycles. The van der Waals surface area contributed by atoms with E-state index in [0.717, 1.165) is 32.8 Å². The second-order valence-corrected chi connectivity index (χ2v) is 3.60. The largest absolute Gasteiger partial charge is 0.475 e. The maximum absolute atomic E-state index is 5.45. The molecule has 0 unspecified atom stereocenters. The zero-order chi connectivity index (χ0) is 11.2. The van der Waals surface area contributed by atoms with Gasteiger partial charge >= 0.3 is 0 Å². The molecule has 6 nitrogen and oxygen atoms in total. The summed E-state index contributed by atoms with van der Waals surface area (Å²) in [6.45, 7) is 5.05. The number of hydrogen-bond donors (Lipinski definition) is 1. The SMILES string of the molecule is Nc1ccc(OCCN2CCOCC2)nn1. The van der Waals surface area contributed by atoms with Crippen LogP contribution in [0.15, 0.2) is 12.1 Å². The third kappa shape index (κ3) is 3.32. The lowest BCUT2D eigenvalue weighted by Gasteiger charge is -2.26. The molecule has 0 amide bonds. The fourth-order valence-electron chi connectivity index (χ4n) is 1.51. The van der Waals surface area contributed by atoms with Gasteiger partial charge in [0.2, 0.25) is 5.88 Å². The van der Waals surface area contributed by atoms with Gasteiger partial charge in [0, 0.05) is 25.7 Å². The topological polar surface area (TPSA) is 73.5 Å². The molecule has 1 aromatic rings. The van der Waals surface area contributed by atoms with Crippen LogP contribution in [0.25, 0.3) is 0 Å². The summed E-state index contributed by atoms with van der Waals surface area (Å²) in [7, 11) is 0. The Morgan fingerprint density at radius 3 is 2.81 bits per heavy atom.